The van der Waals surface area contributed by atoms with Gasteiger partial charge in [0.2, 0.25) is 0 Å². The molecular weight excluding hydrogens is 841 g/mol. The molecule has 0 aromatic carbocycles. The number of esters is 3. The Balaban J connectivity index is 4.40. The van der Waals surface area contributed by atoms with Gasteiger partial charge in [0, 0.05) is 19.3 Å². The van der Waals surface area contributed by atoms with Crippen molar-refractivity contribution in [3.63, 3.8) is 0 Å². The highest BCUT2D eigenvalue weighted by molar-refractivity contribution is 5.71. The Hall–Kier alpha value is -3.15. The fourth-order valence-electron chi connectivity index (χ4n) is 8.17. The van der Waals surface area contributed by atoms with Crippen LogP contribution in [0.1, 0.15) is 284 Å². The van der Waals surface area contributed by atoms with Gasteiger partial charge in [0.15, 0.2) is 6.10 Å². The molecule has 0 aromatic rings. The molecule has 68 heavy (non-hydrogen) atoms. The van der Waals surface area contributed by atoms with Gasteiger partial charge < -0.3 is 14.2 Å². The zero-order valence-electron chi connectivity index (χ0n) is 44.9. The van der Waals surface area contributed by atoms with Crippen molar-refractivity contribution >= 4 is 17.9 Å². The Morgan fingerprint density at radius 1 is 0.324 bits per heavy atom. The van der Waals surface area contributed by atoms with E-state index < -0.39 is 6.10 Å². The number of allylic oxidation sites excluding steroid dienone is 12. The van der Waals surface area contributed by atoms with Crippen LogP contribution in [0.4, 0.5) is 0 Å². The van der Waals surface area contributed by atoms with Crippen LogP contribution in [0.3, 0.4) is 0 Å². The molecule has 1 unspecified atom stereocenters. The van der Waals surface area contributed by atoms with E-state index in [1.165, 1.54) is 141 Å². The van der Waals surface area contributed by atoms with E-state index in [-0.39, 0.29) is 31.1 Å². The summed E-state index contributed by atoms with van der Waals surface area (Å²) in [6, 6.07) is 0. The average Bonchev–Trinajstić information content (AvgIpc) is 3.34. The molecule has 0 aliphatic heterocycles. The fourth-order valence-corrected chi connectivity index (χ4v) is 8.17. The lowest BCUT2D eigenvalue weighted by molar-refractivity contribution is -0.167. The molecule has 0 rings (SSSR count). The molecular formula is C62H108O6. The van der Waals surface area contributed by atoms with Gasteiger partial charge in [0.05, 0.1) is 0 Å². The van der Waals surface area contributed by atoms with Gasteiger partial charge in [-0.25, -0.2) is 0 Å². The largest absolute Gasteiger partial charge is 0.462 e. The van der Waals surface area contributed by atoms with Gasteiger partial charge >= 0.3 is 17.9 Å². The summed E-state index contributed by atoms with van der Waals surface area (Å²) in [4.78, 5) is 38.2. The zero-order chi connectivity index (χ0) is 49.3. The van der Waals surface area contributed by atoms with Crippen LogP contribution in [0, 0.1) is 0 Å². The summed E-state index contributed by atoms with van der Waals surface area (Å²) in [6.07, 6.45) is 71.7. The minimum atomic E-state index is -0.787. The molecule has 0 aliphatic rings. The summed E-state index contributed by atoms with van der Waals surface area (Å²) in [7, 11) is 0. The van der Waals surface area contributed by atoms with Crippen molar-refractivity contribution in [1.82, 2.24) is 0 Å². The first-order valence-corrected chi connectivity index (χ1v) is 29.0. The Bertz CT molecular complexity index is 1270. The van der Waals surface area contributed by atoms with E-state index >= 15 is 0 Å². The number of hydrogen-bond donors (Lipinski definition) is 0. The predicted molar refractivity (Wildman–Crippen MR) is 293 cm³/mol. The third-order valence-electron chi connectivity index (χ3n) is 12.5. The molecule has 0 fully saturated rings. The van der Waals surface area contributed by atoms with Crippen molar-refractivity contribution in [1.29, 1.82) is 0 Å². The van der Waals surface area contributed by atoms with Crippen molar-refractivity contribution in [2.75, 3.05) is 13.2 Å². The molecule has 0 spiro atoms. The van der Waals surface area contributed by atoms with E-state index in [1.54, 1.807) is 0 Å². The molecule has 392 valence electrons. The van der Waals surface area contributed by atoms with E-state index in [0.29, 0.717) is 19.3 Å². The highest BCUT2D eigenvalue weighted by Gasteiger charge is 2.19. The van der Waals surface area contributed by atoms with Crippen molar-refractivity contribution < 1.29 is 28.6 Å². The van der Waals surface area contributed by atoms with E-state index in [9.17, 15) is 14.4 Å². The lowest BCUT2D eigenvalue weighted by atomic mass is 10.0. The van der Waals surface area contributed by atoms with Gasteiger partial charge in [-0.3, -0.25) is 14.4 Å². The van der Waals surface area contributed by atoms with Crippen LogP contribution in [0.15, 0.2) is 72.9 Å². The number of carbonyl (C=O) groups is 3. The predicted octanol–water partition coefficient (Wildman–Crippen LogP) is 19.4. The van der Waals surface area contributed by atoms with Crippen LogP contribution in [-0.4, -0.2) is 37.2 Å². The number of ether oxygens (including phenoxy) is 3. The van der Waals surface area contributed by atoms with Gasteiger partial charge in [0.1, 0.15) is 13.2 Å². The van der Waals surface area contributed by atoms with Crippen LogP contribution in [0.25, 0.3) is 0 Å². The normalized spacial score (nSPS) is 12.6. The Morgan fingerprint density at radius 2 is 0.632 bits per heavy atom. The van der Waals surface area contributed by atoms with E-state index in [2.05, 4.69) is 93.7 Å². The van der Waals surface area contributed by atoms with Crippen molar-refractivity contribution in [3.8, 4) is 0 Å². The molecule has 0 bridgehead atoms. The summed E-state index contributed by atoms with van der Waals surface area (Å²) in [5.74, 6) is -0.899. The zero-order valence-corrected chi connectivity index (χ0v) is 44.9. The van der Waals surface area contributed by atoms with Crippen LogP contribution in [0.5, 0.6) is 0 Å². The highest BCUT2D eigenvalue weighted by atomic mass is 16.6. The lowest BCUT2D eigenvalue weighted by Gasteiger charge is -2.18. The minimum Gasteiger partial charge on any atom is -0.462 e. The standard InChI is InChI=1S/C62H108O6/c1-4-7-10-13-16-19-22-25-27-29-31-33-34-37-40-43-46-49-52-55-61(64)67-58-59(57-66-60(63)54-51-48-45-42-39-36-24-21-18-15-12-9-6-3)68-62(65)56-53-50-47-44-41-38-35-32-30-28-26-23-20-17-14-11-8-5-2/h7,10,16,19,23,25-28,30,32,35,59H,4-6,8-9,11-15,17-18,20-22,24,29,31,33-34,36-58H2,1-3H3/b10-7-,19-16-,26-23-,27-25-,30-28-,35-32-. The SMILES string of the molecule is CC/C=C\C/C=C\C/C=C\CCCCCCCCCCCC(=O)OCC(COC(=O)CCCCCCCCCCCCCCC)OC(=O)CCCCCCC\C=C/C=C\C=C/CCCCCCC. The quantitative estimate of drug-likeness (QED) is 0.0199. The first kappa shape index (κ1) is 64.8. The monoisotopic (exact) mass is 949 g/mol. The molecule has 0 radical (unpaired) electrons. The molecule has 0 saturated heterocycles. The van der Waals surface area contributed by atoms with Gasteiger partial charge in [-0.15, -0.1) is 0 Å². The number of rotatable bonds is 52. The Kier molecular flexibility index (Phi) is 53.8. The maximum absolute atomic E-state index is 12.9. The Morgan fingerprint density at radius 3 is 1.01 bits per heavy atom. The van der Waals surface area contributed by atoms with E-state index in [4.69, 9.17) is 14.2 Å². The molecule has 0 aromatic heterocycles. The molecule has 0 amide bonds. The van der Waals surface area contributed by atoms with E-state index in [1.807, 2.05) is 0 Å². The van der Waals surface area contributed by atoms with Crippen molar-refractivity contribution in [2.24, 2.45) is 0 Å². The third-order valence-corrected chi connectivity index (χ3v) is 12.5. The van der Waals surface area contributed by atoms with Crippen LogP contribution >= 0.6 is 0 Å². The molecule has 0 saturated carbocycles. The van der Waals surface area contributed by atoms with E-state index in [0.717, 1.165) is 103 Å². The molecule has 1 atom stereocenters. The second-order valence-electron chi connectivity index (χ2n) is 19.2. The summed E-state index contributed by atoms with van der Waals surface area (Å²) in [5, 5.41) is 0. The smallest absolute Gasteiger partial charge is 0.306 e. The maximum Gasteiger partial charge on any atom is 0.306 e. The number of unbranched alkanes of at least 4 members (excludes halogenated alkanes) is 31. The fraction of sp³-hybridized carbons (Fsp3) is 0.758. The lowest BCUT2D eigenvalue weighted by Crippen LogP contribution is -2.30. The van der Waals surface area contributed by atoms with Gasteiger partial charge in [0.25, 0.3) is 0 Å². The first-order chi connectivity index (χ1) is 33.5. The molecule has 0 heterocycles. The Labute approximate surface area is 421 Å². The van der Waals surface area contributed by atoms with Gasteiger partial charge in [-0.1, -0.05) is 261 Å². The van der Waals surface area contributed by atoms with Crippen LogP contribution in [-0.2, 0) is 28.6 Å². The minimum absolute atomic E-state index is 0.0832. The first-order valence-electron chi connectivity index (χ1n) is 29.0. The third kappa shape index (κ3) is 53.8. The summed E-state index contributed by atoms with van der Waals surface area (Å²) >= 11 is 0. The van der Waals surface area contributed by atoms with Crippen molar-refractivity contribution in [3.05, 3.63) is 72.9 Å². The summed E-state index contributed by atoms with van der Waals surface area (Å²) < 4.78 is 16.9. The molecule has 0 aliphatic carbocycles. The van der Waals surface area contributed by atoms with Gasteiger partial charge in [-0.05, 0) is 77.0 Å². The van der Waals surface area contributed by atoms with Gasteiger partial charge in [-0.2, -0.15) is 0 Å². The van der Waals surface area contributed by atoms with Crippen molar-refractivity contribution in [2.45, 2.75) is 290 Å². The number of hydrogen-bond acceptors (Lipinski definition) is 6. The number of carbonyl (C=O) groups excluding carboxylic acids is 3. The summed E-state index contributed by atoms with van der Waals surface area (Å²) in [5.41, 5.74) is 0. The second-order valence-corrected chi connectivity index (χ2v) is 19.2. The molecule has 0 N–H and O–H groups in total. The van der Waals surface area contributed by atoms with Crippen LogP contribution < -0.4 is 0 Å². The molecule has 6 nitrogen and oxygen atoms in total. The second kappa shape index (κ2) is 56.4. The molecule has 6 heteroatoms. The maximum atomic E-state index is 12.9. The summed E-state index contributed by atoms with van der Waals surface area (Å²) in [6.45, 7) is 6.51. The highest BCUT2D eigenvalue weighted by Crippen LogP contribution is 2.16. The van der Waals surface area contributed by atoms with Crippen LogP contribution in [0.2, 0.25) is 0 Å². The average molecular weight is 950 g/mol. The topological polar surface area (TPSA) is 78.9 Å².